The second kappa shape index (κ2) is 8.57. The Labute approximate surface area is 216 Å². The largest absolute Gasteiger partial charge is 0.351 e. The Hall–Kier alpha value is -3.41. The Kier molecular flexibility index (Phi) is 5.27. The minimum atomic E-state index is -0.220. The number of carbonyl (C=O) groups is 1. The second-order valence-electron chi connectivity index (χ2n) is 12.0. The van der Waals surface area contributed by atoms with Crippen molar-refractivity contribution in [2.45, 2.75) is 64.6 Å². The normalized spacial score (nSPS) is 27.1. The van der Waals surface area contributed by atoms with Crippen LogP contribution in [0, 0.1) is 23.2 Å². The van der Waals surface area contributed by atoms with Crippen molar-refractivity contribution in [2.75, 3.05) is 0 Å². The Morgan fingerprint density at radius 2 is 1.62 bits per heavy atom. The highest BCUT2D eigenvalue weighted by Crippen LogP contribution is 2.61. The van der Waals surface area contributed by atoms with Crippen LogP contribution in [0.4, 0.5) is 0 Å². The number of carbonyl (C=O) groups excluding carboxylic acids is 1. The van der Waals surface area contributed by atoms with Gasteiger partial charge in [-0.05, 0) is 80.2 Å². The molecule has 4 aliphatic carbocycles. The van der Waals surface area contributed by atoms with E-state index >= 15 is 0 Å². The van der Waals surface area contributed by atoms with Crippen LogP contribution in [0.15, 0.2) is 65.6 Å². The molecule has 8 rings (SSSR count). The van der Waals surface area contributed by atoms with E-state index in [1.807, 2.05) is 42.5 Å². The van der Waals surface area contributed by atoms with Gasteiger partial charge in [0.15, 0.2) is 0 Å². The predicted octanol–water partition coefficient (Wildman–Crippen LogP) is 5.12. The van der Waals surface area contributed by atoms with Gasteiger partial charge in [0.1, 0.15) is 12.1 Å². The van der Waals surface area contributed by atoms with Gasteiger partial charge in [-0.25, -0.2) is 4.68 Å². The first kappa shape index (κ1) is 22.8. The molecule has 6 heteroatoms. The fourth-order valence-corrected chi connectivity index (χ4v) is 8.32. The number of nitrogens with one attached hydrogen (secondary N) is 1. The number of hydrogen-bond donors (Lipinski definition) is 1. The van der Waals surface area contributed by atoms with Crippen LogP contribution in [0.3, 0.4) is 0 Å². The van der Waals surface area contributed by atoms with Crippen LogP contribution in [-0.4, -0.2) is 26.3 Å². The molecule has 0 aliphatic heterocycles. The van der Waals surface area contributed by atoms with Crippen LogP contribution in [0.1, 0.15) is 51.0 Å². The minimum absolute atomic E-state index is 0.0572. The van der Waals surface area contributed by atoms with Crippen molar-refractivity contribution in [3.05, 3.63) is 76.7 Å². The first-order chi connectivity index (χ1) is 18.0. The highest BCUT2D eigenvalue weighted by Gasteiger charge is 2.53. The number of amides is 1. The number of rotatable bonds is 6. The average Bonchev–Trinajstić information content (AvgIpc) is 3.19. The Morgan fingerprint density at radius 1 is 0.973 bits per heavy atom. The molecule has 0 spiro atoms. The van der Waals surface area contributed by atoms with Crippen molar-refractivity contribution >= 4 is 27.7 Å². The van der Waals surface area contributed by atoms with Crippen molar-refractivity contribution in [3.63, 3.8) is 0 Å². The molecule has 4 aliphatic rings. The minimum Gasteiger partial charge on any atom is -0.351 e. The molecule has 190 valence electrons. The van der Waals surface area contributed by atoms with E-state index in [1.165, 1.54) is 43.2 Å². The van der Waals surface area contributed by atoms with Crippen LogP contribution >= 0.6 is 0 Å². The SMILES string of the molecule is C[C@H](NC(=O)Cn1ncc2c3ccccc3n(Cc3ccccc3)c2c1=O)C12CC3CC(CC(C3)C1)C2. The lowest BCUT2D eigenvalue weighted by Gasteiger charge is -2.59. The molecule has 6 nitrogen and oxygen atoms in total. The molecule has 4 fully saturated rings. The summed E-state index contributed by atoms with van der Waals surface area (Å²) in [4.78, 5) is 27.0. The molecule has 1 amide bonds. The van der Waals surface area contributed by atoms with Gasteiger partial charge in [0.2, 0.25) is 5.91 Å². The van der Waals surface area contributed by atoms with E-state index in [1.54, 1.807) is 6.20 Å². The van der Waals surface area contributed by atoms with Crippen molar-refractivity contribution in [2.24, 2.45) is 23.2 Å². The standard InChI is InChI=1S/C31H34N4O2/c1-20(31-14-22-11-23(15-31)13-24(12-22)16-31)33-28(36)19-35-30(37)29-26(17-32-35)25-9-5-6-10-27(25)34(29)18-21-7-3-2-4-8-21/h2-10,17,20,22-24H,11-16,18-19H2,1H3,(H,33,36)/t20-,22?,23?,24?,31?/m0/s1. The summed E-state index contributed by atoms with van der Waals surface area (Å²) in [6.07, 6.45) is 9.62. The number of benzene rings is 2. The van der Waals surface area contributed by atoms with Crippen LogP contribution in [0.25, 0.3) is 21.8 Å². The fourth-order valence-electron chi connectivity index (χ4n) is 8.32. The lowest BCUT2D eigenvalue weighted by molar-refractivity contribution is -0.126. The van der Waals surface area contributed by atoms with Gasteiger partial charge in [-0.15, -0.1) is 0 Å². The number of fused-ring (bicyclic) bond motifs is 3. The summed E-state index contributed by atoms with van der Waals surface area (Å²) in [7, 11) is 0. The molecule has 37 heavy (non-hydrogen) atoms. The molecule has 2 aromatic heterocycles. The lowest BCUT2D eigenvalue weighted by atomic mass is 9.48. The Morgan fingerprint density at radius 3 is 2.32 bits per heavy atom. The van der Waals surface area contributed by atoms with E-state index in [0.29, 0.717) is 12.1 Å². The highest BCUT2D eigenvalue weighted by molar-refractivity contribution is 6.07. The molecular weight excluding hydrogens is 460 g/mol. The van der Waals surface area contributed by atoms with Crippen LogP contribution in [0.2, 0.25) is 0 Å². The monoisotopic (exact) mass is 494 g/mol. The quantitative estimate of drug-likeness (QED) is 0.405. The number of para-hydroxylation sites is 1. The summed E-state index contributed by atoms with van der Waals surface area (Å²) in [6.45, 7) is 2.71. The first-order valence-corrected chi connectivity index (χ1v) is 13.8. The number of aromatic nitrogens is 3. The topological polar surface area (TPSA) is 68.9 Å². The molecule has 0 radical (unpaired) electrons. The van der Waals surface area contributed by atoms with Crippen molar-refractivity contribution in [1.29, 1.82) is 0 Å². The van der Waals surface area contributed by atoms with Crippen LogP contribution in [-0.2, 0) is 17.9 Å². The van der Waals surface area contributed by atoms with E-state index in [4.69, 9.17) is 0 Å². The maximum Gasteiger partial charge on any atom is 0.291 e. The molecule has 1 atom stereocenters. The maximum atomic E-state index is 13.8. The molecule has 4 saturated carbocycles. The summed E-state index contributed by atoms with van der Waals surface area (Å²) >= 11 is 0. The zero-order valence-electron chi connectivity index (χ0n) is 21.4. The zero-order chi connectivity index (χ0) is 25.1. The molecule has 0 unspecified atom stereocenters. The number of nitrogens with zero attached hydrogens (tertiary/aromatic N) is 3. The fraction of sp³-hybridized carbons (Fsp3) is 0.452. The van der Waals surface area contributed by atoms with Gasteiger partial charge >= 0.3 is 0 Å². The van der Waals surface area contributed by atoms with E-state index in [0.717, 1.165) is 39.6 Å². The molecule has 4 bridgehead atoms. The Bertz CT molecular complexity index is 1510. The summed E-state index contributed by atoms with van der Waals surface area (Å²) < 4.78 is 3.40. The van der Waals surface area contributed by atoms with Gasteiger partial charge in [-0.2, -0.15) is 5.10 Å². The van der Waals surface area contributed by atoms with Crippen LogP contribution in [0.5, 0.6) is 0 Å². The zero-order valence-corrected chi connectivity index (χ0v) is 21.4. The van der Waals surface area contributed by atoms with Gasteiger partial charge < -0.3 is 9.88 Å². The smallest absolute Gasteiger partial charge is 0.291 e. The van der Waals surface area contributed by atoms with E-state index < -0.39 is 0 Å². The summed E-state index contributed by atoms with van der Waals surface area (Å²) in [5.74, 6) is 2.39. The second-order valence-corrected chi connectivity index (χ2v) is 12.0. The molecule has 4 aromatic rings. The lowest BCUT2D eigenvalue weighted by Crippen LogP contribution is -2.56. The number of hydrogen-bond acceptors (Lipinski definition) is 3. The molecule has 2 heterocycles. The van der Waals surface area contributed by atoms with Crippen molar-refractivity contribution < 1.29 is 4.79 Å². The third-order valence-corrected chi connectivity index (χ3v) is 9.63. The van der Waals surface area contributed by atoms with Gasteiger partial charge in [-0.3, -0.25) is 9.59 Å². The summed E-state index contributed by atoms with van der Waals surface area (Å²) in [5, 5.41) is 9.58. The summed E-state index contributed by atoms with van der Waals surface area (Å²) in [6, 6.07) is 18.3. The molecule has 0 saturated heterocycles. The van der Waals surface area contributed by atoms with E-state index in [2.05, 4.69) is 34.0 Å². The maximum absolute atomic E-state index is 13.8. The van der Waals surface area contributed by atoms with Gasteiger partial charge in [0.05, 0.1) is 6.20 Å². The third kappa shape index (κ3) is 3.80. The third-order valence-electron chi connectivity index (χ3n) is 9.63. The molecule has 1 N–H and O–H groups in total. The first-order valence-electron chi connectivity index (χ1n) is 13.8. The van der Waals surface area contributed by atoms with Gasteiger partial charge in [0, 0.05) is 28.9 Å². The predicted molar refractivity (Wildman–Crippen MR) is 145 cm³/mol. The average molecular weight is 495 g/mol. The molecule has 2 aromatic carbocycles. The Balaban J connectivity index is 1.18. The van der Waals surface area contributed by atoms with Gasteiger partial charge in [0.25, 0.3) is 5.56 Å². The van der Waals surface area contributed by atoms with E-state index in [-0.39, 0.29) is 29.5 Å². The van der Waals surface area contributed by atoms with Crippen LogP contribution < -0.4 is 10.9 Å². The summed E-state index contributed by atoms with van der Waals surface area (Å²) in [5.41, 5.74) is 2.73. The van der Waals surface area contributed by atoms with Crippen molar-refractivity contribution in [3.8, 4) is 0 Å². The van der Waals surface area contributed by atoms with Crippen molar-refractivity contribution in [1.82, 2.24) is 19.7 Å². The van der Waals surface area contributed by atoms with E-state index in [9.17, 15) is 9.59 Å². The molecular formula is C31H34N4O2. The van der Waals surface area contributed by atoms with Gasteiger partial charge in [-0.1, -0.05) is 48.5 Å². The highest BCUT2D eigenvalue weighted by atomic mass is 16.2.